The molecular formula is C21H21NO4. The lowest BCUT2D eigenvalue weighted by Gasteiger charge is -2.34. The van der Waals surface area contributed by atoms with Gasteiger partial charge in [-0.05, 0) is 36.5 Å². The monoisotopic (exact) mass is 351 g/mol. The van der Waals surface area contributed by atoms with Crippen molar-refractivity contribution in [3.05, 3.63) is 65.7 Å². The van der Waals surface area contributed by atoms with E-state index in [1.54, 1.807) is 4.90 Å². The maximum absolute atomic E-state index is 13.3. The molecule has 0 radical (unpaired) electrons. The van der Waals surface area contributed by atoms with Crippen LogP contribution in [0.3, 0.4) is 0 Å². The Morgan fingerprint density at radius 2 is 1.73 bits per heavy atom. The van der Waals surface area contributed by atoms with Crippen molar-refractivity contribution in [2.24, 2.45) is 5.92 Å². The van der Waals surface area contributed by atoms with Crippen LogP contribution in [-0.4, -0.2) is 34.5 Å². The SMILES string of the molecule is O=C(O)C1CCC(c2ccccc2)N1C(=O)C1COc2ccccc2C1. The summed E-state index contributed by atoms with van der Waals surface area (Å²) >= 11 is 0. The molecule has 2 aliphatic heterocycles. The number of carboxylic acid groups (broad SMARTS) is 1. The van der Waals surface area contributed by atoms with Crippen molar-refractivity contribution in [2.45, 2.75) is 31.3 Å². The van der Waals surface area contributed by atoms with E-state index in [0.717, 1.165) is 16.9 Å². The summed E-state index contributed by atoms with van der Waals surface area (Å²) < 4.78 is 5.76. The average Bonchev–Trinajstić information content (AvgIpc) is 3.13. The molecule has 0 bridgehead atoms. The lowest BCUT2D eigenvalue weighted by molar-refractivity contribution is -0.152. The van der Waals surface area contributed by atoms with Crippen LogP contribution in [0, 0.1) is 5.92 Å². The Morgan fingerprint density at radius 3 is 2.50 bits per heavy atom. The van der Waals surface area contributed by atoms with E-state index in [4.69, 9.17) is 4.74 Å². The number of aliphatic carboxylic acids is 1. The minimum absolute atomic E-state index is 0.127. The highest BCUT2D eigenvalue weighted by Gasteiger charge is 2.44. The summed E-state index contributed by atoms with van der Waals surface area (Å²) in [5, 5.41) is 9.63. The lowest BCUT2D eigenvalue weighted by atomic mass is 9.94. The van der Waals surface area contributed by atoms with Gasteiger partial charge >= 0.3 is 5.97 Å². The van der Waals surface area contributed by atoms with Crippen LogP contribution in [0.25, 0.3) is 0 Å². The molecule has 0 aromatic heterocycles. The Bertz CT molecular complexity index is 820. The summed E-state index contributed by atoms with van der Waals surface area (Å²) in [5.74, 6) is -0.601. The minimum Gasteiger partial charge on any atom is -0.492 e. The van der Waals surface area contributed by atoms with Gasteiger partial charge in [0.05, 0.1) is 12.0 Å². The predicted molar refractivity (Wildman–Crippen MR) is 95.8 cm³/mol. The first-order valence-electron chi connectivity index (χ1n) is 8.96. The highest BCUT2D eigenvalue weighted by atomic mass is 16.5. The molecule has 3 unspecified atom stereocenters. The largest absolute Gasteiger partial charge is 0.492 e. The minimum atomic E-state index is -0.936. The number of hydrogen-bond acceptors (Lipinski definition) is 3. The van der Waals surface area contributed by atoms with E-state index >= 15 is 0 Å². The van der Waals surface area contributed by atoms with Crippen LogP contribution in [0.15, 0.2) is 54.6 Å². The number of fused-ring (bicyclic) bond motifs is 1. The van der Waals surface area contributed by atoms with Gasteiger partial charge in [0.15, 0.2) is 0 Å². The second-order valence-electron chi connectivity index (χ2n) is 6.92. The van der Waals surface area contributed by atoms with Crippen molar-refractivity contribution in [3.63, 3.8) is 0 Å². The third-order valence-corrected chi connectivity index (χ3v) is 5.34. The van der Waals surface area contributed by atoms with Gasteiger partial charge in [-0.25, -0.2) is 4.79 Å². The molecule has 0 spiro atoms. The Balaban J connectivity index is 1.62. The number of benzene rings is 2. The van der Waals surface area contributed by atoms with E-state index < -0.39 is 12.0 Å². The van der Waals surface area contributed by atoms with Crippen molar-refractivity contribution in [1.82, 2.24) is 4.90 Å². The van der Waals surface area contributed by atoms with Crippen molar-refractivity contribution in [2.75, 3.05) is 6.61 Å². The summed E-state index contributed by atoms with van der Waals surface area (Å²) in [7, 11) is 0. The number of nitrogens with zero attached hydrogens (tertiary/aromatic N) is 1. The van der Waals surface area contributed by atoms with E-state index in [9.17, 15) is 14.7 Å². The average molecular weight is 351 g/mol. The van der Waals surface area contributed by atoms with Gasteiger partial charge in [-0.15, -0.1) is 0 Å². The fourth-order valence-corrected chi connectivity index (χ4v) is 4.06. The van der Waals surface area contributed by atoms with Crippen molar-refractivity contribution < 1.29 is 19.4 Å². The second-order valence-corrected chi connectivity index (χ2v) is 6.92. The number of amides is 1. The standard InChI is InChI=1S/C21H21NO4/c23-20(16-12-15-8-4-5-9-19(15)26-13-16)22-17(10-11-18(22)21(24)25)14-6-2-1-3-7-14/h1-9,16-18H,10-13H2,(H,24,25). The zero-order chi connectivity index (χ0) is 18.1. The van der Waals surface area contributed by atoms with Crippen LogP contribution in [0.4, 0.5) is 0 Å². The zero-order valence-electron chi connectivity index (χ0n) is 14.4. The van der Waals surface area contributed by atoms with E-state index in [0.29, 0.717) is 25.9 Å². The highest BCUT2D eigenvalue weighted by molar-refractivity contribution is 5.86. The molecule has 1 N–H and O–H groups in total. The maximum Gasteiger partial charge on any atom is 0.326 e. The molecule has 1 amide bonds. The maximum atomic E-state index is 13.3. The van der Waals surface area contributed by atoms with Crippen LogP contribution in [0.5, 0.6) is 5.75 Å². The zero-order valence-corrected chi connectivity index (χ0v) is 14.4. The molecule has 134 valence electrons. The van der Waals surface area contributed by atoms with Crippen molar-refractivity contribution >= 4 is 11.9 Å². The van der Waals surface area contributed by atoms with E-state index in [1.165, 1.54) is 0 Å². The Hall–Kier alpha value is -2.82. The summed E-state index contributed by atoms with van der Waals surface area (Å²) in [4.78, 5) is 26.6. The molecule has 3 atom stereocenters. The van der Waals surface area contributed by atoms with Crippen LogP contribution in [0.1, 0.15) is 30.0 Å². The number of hydrogen-bond donors (Lipinski definition) is 1. The predicted octanol–water partition coefficient (Wildman–Crippen LogP) is 3.05. The summed E-state index contributed by atoms with van der Waals surface area (Å²) in [5.41, 5.74) is 1.99. The molecule has 4 rings (SSSR count). The molecule has 2 aliphatic rings. The van der Waals surface area contributed by atoms with Gasteiger partial charge in [0.1, 0.15) is 18.4 Å². The number of carboxylic acids is 1. The van der Waals surface area contributed by atoms with Crippen LogP contribution >= 0.6 is 0 Å². The molecule has 5 heteroatoms. The molecule has 0 saturated carbocycles. The third kappa shape index (κ3) is 2.94. The van der Waals surface area contributed by atoms with Gasteiger partial charge in [-0.3, -0.25) is 4.79 Å². The van der Waals surface area contributed by atoms with E-state index in [1.807, 2.05) is 54.6 Å². The fourth-order valence-electron chi connectivity index (χ4n) is 4.06. The third-order valence-electron chi connectivity index (χ3n) is 5.34. The second kappa shape index (κ2) is 6.83. The van der Waals surface area contributed by atoms with E-state index in [-0.39, 0.29) is 17.9 Å². The fraction of sp³-hybridized carbons (Fsp3) is 0.333. The molecule has 1 saturated heterocycles. The Morgan fingerprint density at radius 1 is 1.00 bits per heavy atom. The summed E-state index contributed by atoms with van der Waals surface area (Å²) in [6.07, 6.45) is 1.72. The Labute approximate surface area is 152 Å². The number of rotatable bonds is 3. The van der Waals surface area contributed by atoms with Gasteiger partial charge in [-0.2, -0.15) is 0 Å². The molecule has 2 aromatic carbocycles. The number of ether oxygens (including phenoxy) is 1. The van der Waals surface area contributed by atoms with Crippen molar-refractivity contribution in [1.29, 1.82) is 0 Å². The van der Waals surface area contributed by atoms with Gasteiger partial charge in [0, 0.05) is 0 Å². The first kappa shape index (κ1) is 16.6. The summed E-state index contributed by atoms with van der Waals surface area (Å²) in [6, 6.07) is 16.4. The highest BCUT2D eigenvalue weighted by Crippen LogP contribution is 2.38. The lowest BCUT2D eigenvalue weighted by Crippen LogP contribution is -2.47. The van der Waals surface area contributed by atoms with E-state index in [2.05, 4.69) is 0 Å². The van der Waals surface area contributed by atoms with Gasteiger partial charge in [0.2, 0.25) is 5.91 Å². The molecule has 2 aromatic rings. The quantitative estimate of drug-likeness (QED) is 0.923. The molecule has 2 heterocycles. The summed E-state index contributed by atoms with van der Waals surface area (Å²) in [6.45, 7) is 0.292. The van der Waals surface area contributed by atoms with Crippen LogP contribution in [0.2, 0.25) is 0 Å². The van der Waals surface area contributed by atoms with Gasteiger partial charge < -0.3 is 14.7 Å². The first-order valence-corrected chi connectivity index (χ1v) is 8.96. The van der Waals surface area contributed by atoms with Crippen molar-refractivity contribution in [3.8, 4) is 5.75 Å². The number of carbonyl (C=O) groups excluding carboxylic acids is 1. The van der Waals surface area contributed by atoms with Gasteiger partial charge in [-0.1, -0.05) is 48.5 Å². The molecule has 26 heavy (non-hydrogen) atoms. The molecule has 0 aliphatic carbocycles. The Kier molecular flexibility index (Phi) is 4.37. The van der Waals surface area contributed by atoms with Gasteiger partial charge in [0.25, 0.3) is 0 Å². The normalized spacial score (nSPS) is 24.6. The van der Waals surface area contributed by atoms with Crippen LogP contribution < -0.4 is 4.74 Å². The first-order chi connectivity index (χ1) is 12.6. The van der Waals surface area contributed by atoms with Crippen LogP contribution in [-0.2, 0) is 16.0 Å². The smallest absolute Gasteiger partial charge is 0.326 e. The topological polar surface area (TPSA) is 66.8 Å². The number of carbonyl (C=O) groups is 2. The molecule has 1 fully saturated rings. The molecule has 5 nitrogen and oxygen atoms in total. The number of para-hydroxylation sites is 1. The number of likely N-dealkylation sites (tertiary alicyclic amines) is 1. The molecular weight excluding hydrogens is 330 g/mol.